The van der Waals surface area contributed by atoms with Crippen molar-refractivity contribution in [3.63, 3.8) is 0 Å². The van der Waals surface area contributed by atoms with E-state index in [0.717, 1.165) is 9.16 Å². The molecule has 4 heteroatoms. The summed E-state index contributed by atoms with van der Waals surface area (Å²) in [7, 11) is 1.91. The zero-order valence-electron chi connectivity index (χ0n) is 6.00. The van der Waals surface area contributed by atoms with E-state index in [0.29, 0.717) is 5.56 Å². The van der Waals surface area contributed by atoms with Gasteiger partial charge in [0.15, 0.2) is 7.28 Å². The summed E-state index contributed by atoms with van der Waals surface area (Å²) in [6.45, 7) is 1.92. The first-order chi connectivity index (χ1) is 5.27. The second kappa shape index (κ2) is 3.72. The Kier molecular flexibility index (Phi) is 2.88. The van der Waals surface area contributed by atoms with Crippen LogP contribution in [-0.4, -0.2) is 12.3 Å². The fourth-order valence-electron chi connectivity index (χ4n) is 0.686. The van der Waals surface area contributed by atoms with Gasteiger partial charge in [0, 0.05) is 9.77 Å². The highest BCUT2D eigenvalue weighted by atomic mass is 127. The van der Waals surface area contributed by atoms with Gasteiger partial charge in [0.05, 0.1) is 5.56 Å². The zero-order valence-corrected chi connectivity index (χ0v) is 8.16. The molecule has 0 N–H and O–H groups in total. The number of rotatable bonds is 1. The molecule has 0 saturated heterocycles. The molecule has 0 saturated carbocycles. The zero-order chi connectivity index (χ0) is 8.27. The van der Waals surface area contributed by atoms with Crippen LogP contribution in [0.1, 0.15) is 5.56 Å². The Morgan fingerprint density at radius 1 is 1.73 bits per heavy atom. The fraction of sp³-hybridized carbons (Fsp3) is 0.143. The molecule has 53 valence electrons. The van der Waals surface area contributed by atoms with Crippen LogP contribution in [0.25, 0.3) is 0 Å². The summed E-state index contributed by atoms with van der Waals surface area (Å²) in [4.78, 5) is 4.05. The second-order valence-electron chi connectivity index (χ2n) is 1.99. The molecule has 0 bridgehead atoms. The van der Waals surface area contributed by atoms with E-state index in [1.165, 1.54) is 0 Å². The Hall–Kier alpha value is -0.565. The van der Waals surface area contributed by atoms with Crippen molar-refractivity contribution in [3.8, 4) is 6.07 Å². The van der Waals surface area contributed by atoms with Gasteiger partial charge in [0.1, 0.15) is 6.07 Å². The van der Waals surface area contributed by atoms with Crippen LogP contribution in [0.5, 0.6) is 0 Å². The van der Waals surface area contributed by atoms with E-state index in [9.17, 15) is 0 Å². The number of pyridine rings is 1. The van der Waals surface area contributed by atoms with Crippen LogP contribution in [0, 0.1) is 14.9 Å². The topological polar surface area (TPSA) is 36.7 Å². The van der Waals surface area contributed by atoms with Crippen molar-refractivity contribution in [2.75, 3.05) is 0 Å². The minimum atomic E-state index is 0.635. The average molecular weight is 255 g/mol. The number of nitrogens with zero attached hydrogens (tertiary/aromatic N) is 2. The van der Waals surface area contributed by atoms with Crippen LogP contribution in [0.4, 0.5) is 0 Å². The molecule has 1 rings (SSSR count). The van der Waals surface area contributed by atoms with Gasteiger partial charge >= 0.3 is 0 Å². The smallest absolute Gasteiger partial charge is 0.174 e. The van der Waals surface area contributed by atoms with Crippen molar-refractivity contribution in [2.24, 2.45) is 0 Å². The first-order valence-electron chi connectivity index (χ1n) is 3.13. The van der Waals surface area contributed by atoms with Gasteiger partial charge in [-0.25, -0.2) is 0 Å². The SMILES string of the molecule is C[B]c1cc(I)c(C#N)cn1. The standard InChI is InChI=1S/C7H5BIN2/c1-8-7-2-6(9)5(3-10)4-11-7/h2,4H,1H3. The summed E-state index contributed by atoms with van der Waals surface area (Å²) in [5.41, 5.74) is 1.55. The summed E-state index contributed by atoms with van der Waals surface area (Å²) in [6, 6.07) is 3.95. The number of hydrogen-bond donors (Lipinski definition) is 0. The highest BCUT2D eigenvalue weighted by Crippen LogP contribution is 2.06. The molecular formula is C7H5BIN2. The minimum absolute atomic E-state index is 0.635. The van der Waals surface area contributed by atoms with Gasteiger partial charge in [-0.2, -0.15) is 5.26 Å². The first kappa shape index (κ1) is 8.53. The van der Waals surface area contributed by atoms with Gasteiger partial charge in [-0.3, -0.25) is 4.98 Å². The molecule has 0 atom stereocenters. The Morgan fingerprint density at radius 3 is 2.91 bits per heavy atom. The molecule has 0 aliphatic carbocycles. The second-order valence-corrected chi connectivity index (χ2v) is 3.15. The molecule has 0 amide bonds. The number of nitriles is 1. The Balaban J connectivity index is 3.12. The van der Waals surface area contributed by atoms with Crippen molar-refractivity contribution in [2.45, 2.75) is 6.82 Å². The van der Waals surface area contributed by atoms with Crippen LogP contribution >= 0.6 is 22.6 Å². The van der Waals surface area contributed by atoms with Gasteiger partial charge in [0.25, 0.3) is 0 Å². The van der Waals surface area contributed by atoms with E-state index >= 15 is 0 Å². The summed E-state index contributed by atoms with van der Waals surface area (Å²) in [6.07, 6.45) is 1.59. The van der Waals surface area contributed by atoms with Crippen molar-refractivity contribution in [1.82, 2.24) is 4.98 Å². The van der Waals surface area contributed by atoms with E-state index in [-0.39, 0.29) is 0 Å². The highest BCUT2D eigenvalue weighted by molar-refractivity contribution is 14.1. The number of halogens is 1. The first-order valence-corrected chi connectivity index (χ1v) is 4.21. The summed E-state index contributed by atoms with van der Waals surface area (Å²) >= 11 is 2.13. The van der Waals surface area contributed by atoms with E-state index in [4.69, 9.17) is 5.26 Å². The minimum Gasteiger partial charge on any atom is -0.271 e. The summed E-state index contributed by atoms with van der Waals surface area (Å²) in [5.74, 6) is 0. The van der Waals surface area contributed by atoms with E-state index in [2.05, 4.69) is 33.6 Å². The molecule has 11 heavy (non-hydrogen) atoms. The van der Waals surface area contributed by atoms with E-state index < -0.39 is 0 Å². The molecule has 0 aliphatic rings. The van der Waals surface area contributed by atoms with E-state index in [1.54, 1.807) is 6.20 Å². The summed E-state index contributed by atoms with van der Waals surface area (Å²) < 4.78 is 0.952. The van der Waals surface area contributed by atoms with Crippen LogP contribution in [0.15, 0.2) is 12.3 Å². The lowest BCUT2D eigenvalue weighted by molar-refractivity contribution is 1.33. The van der Waals surface area contributed by atoms with Gasteiger partial charge in [-0.05, 0) is 34.3 Å². The maximum absolute atomic E-state index is 8.58. The maximum atomic E-state index is 8.58. The molecule has 1 aromatic rings. The molecule has 1 radical (unpaired) electrons. The van der Waals surface area contributed by atoms with Gasteiger partial charge < -0.3 is 0 Å². The molecule has 0 spiro atoms. The van der Waals surface area contributed by atoms with Gasteiger partial charge in [-0.1, -0.05) is 6.82 Å². The fourth-order valence-corrected chi connectivity index (χ4v) is 1.26. The highest BCUT2D eigenvalue weighted by Gasteiger charge is 1.99. The van der Waals surface area contributed by atoms with E-state index in [1.807, 2.05) is 20.2 Å². The Bertz CT molecular complexity index is 306. The van der Waals surface area contributed by atoms with Crippen molar-refractivity contribution in [1.29, 1.82) is 5.26 Å². The van der Waals surface area contributed by atoms with Gasteiger partial charge in [0.2, 0.25) is 0 Å². The maximum Gasteiger partial charge on any atom is 0.174 e. The molecule has 2 nitrogen and oxygen atoms in total. The molecular weight excluding hydrogens is 250 g/mol. The lowest BCUT2D eigenvalue weighted by Gasteiger charge is -1.96. The summed E-state index contributed by atoms with van der Waals surface area (Å²) in [5, 5.41) is 8.58. The Labute approximate surface area is 80.0 Å². The largest absolute Gasteiger partial charge is 0.271 e. The van der Waals surface area contributed by atoms with Crippen molar-refractivity contribution >= 4 is 35.5 Å². The predicted octanol–water partition coefficient (Wildman–Crippen LogP) is 0.935. The van der Waals surface area contributed by atoms with Crippen LogP contribution in [0.2, 0.25) is 6.82 Å². The normalized spacial score (nSPS) is 8.82. The lowest BCUT2D eigenvalue weighted by atomic mass is 9.77. The van der Waals surface area contributed by atoms with Crippen LogP contribution in [-0.2, 0) is 0 Å². The van der Waals surface area contributed by atoms with Crippen LogP contribution < -0.4 is 5.59 Å². The predicted molar refractivity (Wildman–Crippen MR) is 52.9 cm³/mol. The van der Waals surface area contributed by atoms with Crippen LogP contribution in [0.3, 0.4) is 0 Å². The van der Waals surface area contributed by atoms with Crippen molar-refractivity contribution < 1.29 is 0 Å². The molecule has 1 heterocycles. The molecule has 1 aromatic heterocycles. The third-order valence-corrected chi connectivity index (χ3v) is 2.18. The third kappa shape index (κ3) is 1.93. The molecule has 0 aromatic carbocycles. The lowest BCUT2D eigenvalue weighted by Crippen LogP contribution is -2.15. The number of aromatic nitrogens is 1. The average Bonchev–Trinajstić information content (AvgIpc) is 2.04. The quantitative estimate of drug-likeness (QED) is 0.553. The molecule has 0 aliphatic heterocycles. The molecule has 0 fully saturated rings. The monoisotopic (exact) mass is 255 g/mol. The Morgan fingerprint density at radius 2 is 2.45 bits per heavy atom. The van der Waals surface area contributed by atoms with Gasteiger partial charge in [-0.15, -0.1) is 0 Å². The number of hydrogen-bond acceptors (Lipinski definition) is 2. The third-order valence-electron chi connectivity index (χ3n) is 1.29. The molecule has 0 unspecified atom stereocenters. The van der Waals surface area contributed by atoms with Crippen molar-refractivity contribution in [3.05, 3.63) is 21.4 Å².